The summed E-state index contributed by atoms with van der Waals surface area (Å²) in [5.74, 6) is 0. The third-order valence-electron chi connectivity index (χ3n) is 2.08. The largest absolute Gasteiger partial charge is 0.383 e. The highest BCUT2D eigenvalue weighted by atomic mass is 15.0. The van der Waals surface area contributed by atoms with Gasteiger partial charge < -0.3 is 10.6 Å². The molecule has 2 heteroatoms. The number of para-hydroxylation sites is 1. The number of rotatable bonds is 1. The second-order valence-corrected chi connectivity index (χ2v) is 2.72. The molecule has 11 heavy (non-hydrogen) atoms. The van der Waals surface area contributed by atoms with Crippen LogP contribution in [0.1, 0.15) is 11.6 Å². The molecule has 1 heterocycles. The summed E-state index contributed by atoms with van der Waals surface area (Å²) in [5, 5.41) is 6.31. The molecule has 0 saturated carbocycles. The molecule has 1 aromatic rings. The fraction of sp³-hybridized carbons (Fsp3) is 0.222. The fourth-order valence-corrected chi connectivity index (χ4v) is 1.47. The van der Waals surface area contributed by atoms with E-state index >= 15 is 0 Å². The van der Waals surface area contributed by atoms with Crippen molar-refractivity contribution in [2.45, 2.75) is 6.04 Å². The van der Waals surface area contributed by atoms with E-state index < -0.39 is 0 Å². The molecule has 1 atom stereocenters. The first kappa shape index (κ1) is 6.68. The predicted octanol–water partition coefficient (Wildman–Crippen LogP) is 1.53. The predicted molar refractivity (Wildman–Crippen MR) is 46.2 cm³/mol. The Morgan fingerprint density at radius 1 is 1.45 bits per heavy atom. The number of hydrogen-bond acceptors (Lipinski definition) is 2. The van der Waals surface area contributed by atoms with Crippen LogP contribution in [-0.2, 0) is 0 Å². The van der Waals surface area contributed by atoms with Crippen molar-refractivity contribution >= 4 is 5.69 Å². The Hall–Kier alpha value is -1.02. The van der Waals surface area contributed by atoms with E-state index in [0.29, 0.717) is 6.04 Å². The molecule has 0 bridgehead atoms. The number of benzene rings is 1. The Labute approximate surface area is 66.6 Å². The van der Waals surface area contributed by atoms with Gasteiger partial charge in [-0.3, -0.25) is 0 Å². The zero-order valence-electron chi connectivity index (χ0n) is 6.30. The molecule has 0 fully saturated rings. The van der Waals surface area contributed by atoms with Gasteiger partial charge in [0.15, 0.2) is 0 Å². The van der Waals surface area contributed by atoms with Crippen molar-refractivity contribution < 1.29 is 0 Å². The molecule has 2 rings (SSSR count). The summed E-state index contributed by atoms with van der Waals surface area (Å²) in [6.45, 7) is 0.947. The van der Waals surface area contributed by atoms with Gasteiger partial charge in [-0.2, -0.15) is 0 Å². The lowest BCUT2D eigenvalue weighted by Crippen LogP contribution is -2.15. The summed E-state index contributed by atoms with van der Waals surface area (Å²) in [4.78, 5) is 0. The first-order valence-electron chi connectivity index (χ1n) is 3.77. The number of hydrogen-bond donors (Lipinski definition) is 2. The molecule has 1 aromatic carbocycles. The monoisotopic (exact) mass is 147 g/mol. The summed E-state index contributed by atoms with van der Waals surface area (Å²) in [6, 6.07) is 8.68. The third-order valence-corrected chi connectivity index (χ3v) is 2.08. The van der Waals surface area contributed by atoms with Crippen molar-refractivity contribution in [3.63, 3.8) is 0 Å². The zero-order valence-corrected chi connectivity index (χ0v) is 6.30. The highest BCUT2D eigenvalue weighted by Crippen LogP contribution is 2.28. The molecule has 0 aromatic heterocycles. The van der Waals surface area contributed by atoms with Crippen molar-refractivity contribution in [3.05, 3.63) is 36.9 Å². The summed E-state index contributed by atoms with van der Waals surface area (Å²) in [6.07, 6.45) is 0. The summed E-state index contributed by atoms with van der Waals surface area (Å²) < 4.78 is 0. The van der Waals surface area contributed by atoms with Crippen LogP contribution in [0, 0.1) is 7.05 Å². The van der Waals surface area contributed by atoms with Gasteiger partial charge in [0.1, 0.15) is 0 Å². The van der Waals surface area contributed by atoms with E-state index in [-0.39, 0.29) is 0 Å². The fourth-order valence-electron chi connectivity index (χ4n) is 1.47. The molecule has 1 aliphatic heterocycles. The second kappa shape index (κ2) is 2.55. The Morgan fingerprint density at radius 3 is 3.09 bits per heavy atom. The average Bonchev–Trinajstić information content (AvgIpc) is 2.47. The number of anilines is 1. The van der Waals surface area contributed by atoms with E-state index in [2.05, 4.69) is 35.9 Å². The average molecular weight is 147 g/mol. The van der Waals surface area contributed by atoms with E-state index in [0.717, 1.165) is 6.54 Å². The van der Waals surface area contributed by atoms with E-state index in [1.807, 2.05) is 6.07 Å². The van der Waals surface area contributed by atoms with Gasteiger partial charge in [0, 0.05) is 19.3 Å². The minimum absolute atomic E-state index is 0.381. The molecule has 2 N–H and O–H groups in total. The zero-order chi connectivity index (χ0) is 7.68. The molecule has 2 nitrogen and oxygen atoms in total. The van der Waals surface area contributed by atoms with Gasteiger partial charge >= 0.3 is 0 Å². The molecule has 1 unspecified atom stereocenters. The summed E-state index contributed by atoms with van der Waals surface area (Å²) in [7, 11) is 3.68. The summed E-state index contributed by atoms with van der Waals surface area (Å²) >= 11 is 0. The van der Waals surface area contributed by atoms with Gasteiger partial charge in [-0.05, 0) is 11.6 Å². The van der Waals surface area contributed by atoms with Crippen molar-refractivity contribution in [2.24, 2.45) is 0 Å². The maximum atomic E-state index is 3.68. The maximum Gasteiger partial charge on any atom is 0.0516 e. The van der Waals surface area contributed by atoms with Crippen LogP contribution in [0.25, 0.3) is 0 Å². The van der Waals surface area contributed by atoms with E-state index in [1.54, 1.807) is 0 Å². The molecule has 0 spiro atoms. The van der Waals surface area contributed by atoms with Crippen LogP contribution in [0.5, 0.6) is 0 Å². The quantitative estimate of drug-likeness (QED) is 0.629. The number of fused-ring (bicyclic) bond motifs is 1. The van der Waals surface area contributed by atoms with Gasteiger partial charge in [0.25, 0.3) is 0 Å². The van der Waals surface area contributed by atoms with Crippen molar-refractivity contribution in [1.29, 1.82) is 0 Å². The van der Waals surface area contributed by atoms with E-state index in [9.17, 15) is 0 Å². The van der Waals surface area contributed by atoms with E-state index in [1.165, 1.54) is 11.3 Å². The summed E-state index contributed by atoms with van der Waals surface area (Å²) in [5.41, 5.74) is 2.55. The van der Waals surface area contributed by atoms with Gasteiger partial charge in [-0.25, -0.2) is 0 Å². The molecular weight excluding hydrogens is 136 g/mol. The van der Waals surface area contributed by atoms with Crippen LogP contribution < -0.4 is 10.6 Å². The van der Waals surface area contributed by atoms with E-state index in [4.69, 9.17) is 0 Å². The van der Waals surface area contributed by atoms with Gasteiger partial charge in [-0.1, -0.05) is 18.2 Å². The van der Waals surface area contributed by atoms with Gasteiger partial charge in [0.2, 0.25) is 0 Å². The Bertz CT molecular complexity index is 257. The van der Waals surface area contributed by atoms with Crippen molar-refractivity contribution in [2.75, 3.05) is 11.9 Å². The van der Waals surface area contributed by atoms with Crippen LogP contribution in [0.3, 0.4) is 0 Å². The third kappa shape index (κ3) is 0.994. The first-order valence-corrected chi connectivity index (χ1v) is 3.77. The molecule has 0 saturated heterocycles. The highest BCUT2D eigenvalue weighted by molar-refractivity contribution is 5.57. The minimum atomic E-state index is 0.381. The standard InChI is InChI=1S/C9H11N2/c1-10-9-6-11-8-5-3-2-4-7(8)9/h2-5,9-11H,1,6H2. The van der Waals surface area contributed by atoms with Crippen molar-refractivity contribution in [3.8, 4) is 0 Å². The van der Waals surface area contributed by atoms with Crippen LogP contribution in [0.2, 0.25) is 0 Å². The normalized spacial score (nSPS) is 21.0. The van der Waals surface area contributed by atoms with Gasteiger partial charge in [0.05, 0.1) is 6.04 Å². The Morgan fingerprint density at radius 2 is 2.27 bits per heavy atom. The topological polar surface area (TPSA) is 24.1 Å². The molecule has 57 valence electrons. The molecule has 0 amide bonds. The number of nitrogens with one attached hydrogen (secondary N) is 2. The maximum absolute atomic E-state index is 3.68. The first-order chi connectivity index (χ1) is 5.42. The van der Waals surface area contributed by atoms with Crippen LogP contribution in [0.4, 0.5) is 5.69 Å². The Balaban J connectivity index is 2.39. The lowest BCUT2D eigenvalue weighted by atomic mass is 10.1. The van der Waals surface area contributed by atoms with Crippen molar-refractivity contribution in [1.82, 2.24) is 5.32 Å². The highest BCUT2D eigenvalue weighted by Gasteiger charge is 2.18. The van der Waals surface area contributed by atoms with Crippen LogP contribution in [-0.4, -0.2) is 6.54 Å². The minimum Gasteiger partial charge on any atom is -0.383 e. The lowest BCUT2D eigenvalue weighted by Gasteiger charge is -2.06. The Kier molecular flexibility index (Phi) is 1.55. The lowest BCUT2D eigenvalue weighted by molar-refractivity contribution is 0.678. The van der Waals surface area contributed by atoms with Gasteiger partial charge in [-0.15, -0.1) is 0 Å². The molecule has 1 radical (unpaired) electrons. The SMILES string of the molecule is [CH2]NC1CNc2ccccc21. The molecule has 0 aliphatic carbocycles. The molecule has 1 aliphatic rings. The van der Waals surface area contributed by atoms with Crippen LogP contribution in [0.15, 0.2) is 24.3 Å². The molecular formula is C9H11N2. The van der Waals surface area contributed by atoms with Crippen LogP contribution >= 0.6 is 0 Å². The smallest absolute Gasteiger partial charge is 0.0516 e. The second-order valence-electron chi connectivity index (χ2n) is 2.72.